The van der Waals surface area contributed by atoms with Crippen molar-refractivity contribution in [2.75, 3.05) is 0 Å². The smallest absolute Gasteiger partial charge is 0.385 e. The second-order valence-corrected chi connectivity index (χ2v) is 5.97. The van der Waals surface area contributed by atoms with Crippen molar-refractivity contribution in [2.24, 2.45) is 7.05 Å². The summed E-state index contributed by atoms with van der Waals surface area (Å²) in [6.07, 6.45) is -2.33. The lowest BCUT2D eigenvalue weighted by molar-refractivity contribution is -0.164. The van der Waals surface area contributed by atoms with E-state index in [2.05, 4.69) is 0 Å². The molecular formula is C17H19F3N2O2. The van der Waals surface area contributed by atoms with Crippen molar-refractivity contribution in [1.29, 1.82) is 0 Å². The lowest BCUT2D eigenvalue weighted by Crippen LogP contribution is -2.40. The van der Waals surface area contributed by atoms with Crippen molar-refractivity contribution in [2.45, 2.75) is 31.2 Å². The minimum atomic E-state index is -4.63. The summed E-state index contributed by atoms with van der Waals surface area (Å²) in [7, 11) is 1.60. The Morgan fingerprint density at radius 3 is 2.38 bits per heavy atom. The molecule has 0 fully saturated rings. The molecule has 0 spiro atoms. The molecule has 1 aromatic heterocycles. The monoisotopic (exact) mass is 340 g/mol. The molecule has 0 saturated heterocycles. The van der Waals surface area contributed by atoms with Crippen LogP contribution >= 0.6 is 0 Å². The molecule has 0 aliphatic heterocycles. The Morgan fingerprint density at radius 1 is 1.25 bits per heavy atom. The average Bonchev–Trinajstić information content (AvgIpc) is 2.90. The van der Waals surface area contributed by atoms with Gasteiger partial charge in [0.1, 0.15) is 0 Å². The number of hydrogen-bond acceptors (Lipinski definition) is 2. The molecule has 2 N–H and O–H groups in total. The van der Waals surface area contributed by atoms with Crippen LogP contribution in [0, 0.1) is 0 Å². The normalized spacial score (nSPS) is 15.6. The van der Waals surface area contributed by atoms with Gasteiger partial charge in [-0.05, 0) is 18.6 Å². The topological polar surface area (TPSA) is 54.3 Å². The highest BCUT2D eigenvalue weighted by Gasteiger charge is 2.43. The Balaban J connectivity index is 2.14. The molecule has 1 heterocycles. The molecule has 2 atom stereocenters. The number of amides is 1. The molecule has 130 valence electrons. The number of nitrogens with one attached hydrogen (secondary N) is 1. The maximum atomic E-state index is 13.2. The van der Waals surface area contributed by atoms with E-state index in [4.69, 9.17) is 0 Å². The first-order valence-electron chi connectivity index (χ1n) is 7.35. The zero-order chi connectivity index (χ0) is 18.0. The van der Waals surface area contributed by atoms with Crippen LogP contribution in [0.5, 0.6) is 0 Å². The highest BCUT2D eigenvalue weighted by atomic mass is 19.4. The summed E-state index contributed by atoms with van der Waals surface area (Å²) in [4.78, 5) is 12.1. The fourth-order valence-electron chi connectivity index (χ4n) is 2.47. The van der Waals surface area contributed by atoms with Gasteiger partial charge in [-0.2, -0.15) is 13.2 Å². The first kappa shape index (κ1) is 18.1. The van der Waals surface area contributed by atoms with Gasteiger partial charge >= 0.3 is 6.18 Å². The molecule has 2 aromatic rings. The van der Waals surface area contributed by atoms with Crippen LogP contribution in [-0.4, -0.2) is 21.8 Å². The highest BCUT2D eigenvalue weighted by molar-refractivity contribution is 5.77. The van der Waals surface area contributed by atoms with Gasteiger partial charge in [0.2, 0.25) is 5.91 Å². The quantitative estimate of drug-likeness (QED) is 0.879. The number of aromatic nitrogens is 1. The van der Waals surface area contributed by atoms with Crippen LogP contribution in [0.15, 0.2) is 48.8 Å². The van der Waals surface area contributed by atoms with Crippen molar-refractivity contribution in [3.63, 3.8) is 0 Å². The molecular weight excluding hydrogens is 321 g/mol. The number of aliphatic hydroxyl groups is 1. The average molecular weight is 340 g/mol. The van der Waals surface area contributed by atoms with Gasteiger partial charge in [-0.25, -0.2) is 0 Å². The van der Waals surface area contributed by atoms with Crippen LogP contribution in [0.1, 0.15) is 30.5 Å². The van der Waals surface area contributed by atoms with Crippen LogP contribution < -0.4 is 5.32 Å². The molecule has 0 saturated carbocycles. The minimum absolute atomic E-state index is 0.0577. The fraction of sp³-hybridized carbons (Fsp3) is 0.353. The lowest BCUT2D eigenvalue weighted by atomic mass is 9.92. The Bertz CT molecular complexity index is 693. The predicted octanol–water partition coefficient (Wildman–Crippen LogP) is 3.04. The van der Waals surface area contributed by atoms with Crippen molar-refractivity contribution in [3.05, 3.63) is 59.9 Å². The number of carbonyl (C=O) groups excluding carboxylic acids is 1. The van der Waals surface area contributed by atoms with Crippen LogP contribution in [0.3, 0.4) is 0 Å². The van der Waals surface area contributed by atoms with E-state index in [9.17, 15) is 23.1 Å². The number of carbonyl (C=O) groups is 1. The zero-order valence-electron chi connectivity index (χ0n) is 13.3. The number of halogens is 3. The van der Waals surface area contributed by atoms with E-state index in [1.807, 2.05) is 5.32 Å². The van der Waals surface area contributed by atoms with E-state index in [0.29, 0.717) is 5.56 Å². The SMILES string of the molecule is Cn1ccc([C@@H](NC(=O)C[C@@](C)(O)c2ccccc2)C(F)(F)F)c1. The van der Waals surface area contributed by atoms with Crippen molar-refractivity contribution < 1.29 is 23.1 Å². The number of nitrogens with zero attached hydrogens (tertiary/aromatic N) is 1. The van der Waals surface area contributed by atoms with Crippen molar-refractivity contribution in [1.82, 2.24) is 9.88 Å². The van der Waals surface area contributed by atoms with Gasteiger partial charge in [0.25, 0.3) is 0 Å². The van der Waals surface area contributed by atoms with Gasteiger partial charge in [-0.15, -0.1) is 0 Å². The maximum Gasteiger partial charge on any atom is 0.412 e. The number of benzene rings is 1. The van der Waals surface area contributed by atoms with Crippen LogP contribution in [0.25, 0.3) is 0 Å². The Kier molecular flexibility index (Phi) is 5.03. The van der Waals surface area contributed by atoms with Crippen LogP contribution in [-0.2, 0) is 17.4 Å². The maximum absolute atomic E-state index is 13.2. The van der Waals surface area contributed by atoms with E-state index < -0.39 is 30.1 Å². The predicted molar refractivity (Wildman–Crippen MR) is 83.0 cm³/mol. The molecule has 0 radical (unpaired) electrons. The Morgan fingerprint density at radius 2 is 1.88 bits per heavy atom. The molecule has 2 rings (SSSR count). The highest BCUT2D eigenvalue weighted by Crippen LogP contribution is 2.33. The standard InChI is InChI=1S/C17H19F3N2O2/c1-16(24,13-6-4-3-5-7-13)10-14(23)21-15(17(18,19)20)12-8-9-22(2)11-12/h3-9,11,15,24H,10H2,1-2H3,(H,21,23)/t15-,16-/m1/s1. The Labute approximate surface area is 137 Å². The third kappa shape index (κ3) is 4.38. The molecule has 1 aromatic carbocycles. The number of rotatable bonds is 5. The number of alkyl halides is 3. The molecule has 0 unspecified atom stereocenters. The Hall–Kier alpha value is -2.28. The largest absolute Gasteiger partial charge is 0.412 e. The van der Waals surface area contributed by atoms with Gasteiger partial charge < -0.3 is 15.0 Å². The molecule has 7 heteroatoms. The molecule has 0 bridgehead atoms. The third-order valence-corrected chi connectivity index (χ3v) is 3.72. The summed E-state index contributed by atoms with van der Waals surface area (Å²) < 4.78 is 41.2. The van der Waals surface area contributed by atoms with Gasteiger partial charge in [-0.3, -0.25) is 4.79 Å². The number of hydrogen-bond donors (Lipinski definition) is 2. The van der Waals surface area contributed by atoms with E-state index >= 15 is 0 Å². The molecule has 0 aliphatic rings. The van der Waals surface area contributed by atoms with Gasteiger partial charge in [0, 0.05) is 25.0 Å². The fourth-order valence-corrected chi connectivity index (χ4v) is 2.47. The summed E-state index contributed by atoms with van der Waals surface area (Å²) in [5, 5.41) is 12.4. The first-order valence-corrected chi connectivity index (χ1v) is 7.35. The van der Waals surface area contributed by atoms with E-state index in [1.165, 1.54) is 30.0 Å². The minimum Gasteiger partial charge on any atom is -0.385 e. The van der Waals surface area contributed by atoms with E-state index in [0.717, 1.165) is 0 Å². The third-order valence-electron chi connectivity index (χ3n) is 3.72. The molecule has 0 aliphatic carbocycles. The molecule has 24 heavy (non-hydrogen) atoms. The molecule has 1 amide bonds. The van der Waals surface area contributed by atoms with Crippen molar-refractivity contribution >= 4 is 5.91 Å². The lowest BCUT2D eigenvalue weighted by Gasteiger charge is -2.26. The summed E-state index contributed by atoms with van der Waals surface area (Å²) in [6.45, 7) is 1.40. The van der Waals surface area contributed by atoms with Crippen LogP contribution in [0.2, 0.25) is 0 Å². The van der Waals surface area contributed by atoms with Gasteiger partial charge in [0.05, 0.1) is 12.0 Å². The van der Waals surface area contributed by atoms with Crippen LogP contribution in [0.4, 0.5) is 13.2 Å². The zero-order valence-corrected chi connectivity index (χ0v) is 13.3. The summed E-state index contributed by atoms with van der Waals surface area (Å²) in [5.41, 5.74) is -1.15. The summed E-state index contributed by atoms with van der Waals surface area (Å²) >= 11 is 0. The second kappa shape index (κ2) is 6.68. The van der Waals surface area contributed by atoms with Crippen molar-refractivity contribution in [3.8, 4) is 0 Å². The van der Waals surface area contributed by atoms with Gasteiger partial charge in [0.15, 0.2) is 6.04 Å². The number of aryl methyl sites for hydroxylation is 1. The van der Waals surface area contributed by atoms with E-state index in [1.54, 1.807) is 37.4 Å². The summed E-state index contributed by atoms with van der Waals surface area (Å²) in [6, 6.07) is 7.53. The second-order valence-electron chi connectivity index (χ2n) is 5.97. The molecule has 4 nitrogen and oxygen atoms in total. The van der Waals surface area contributed by atoms with E-state index in [-0.39, 0.29) is 5.56 Å². The van der Waals surface area contributed by atoms with Gasteiger partial charge in [-0.1, -0.05) is 30.3 Å². The summed E-state index contributed by atoms with van der Waals surface area (Å²) in [5.74, 6) is -0.880. The first-order chi connectivity index (χ1) is 11.1.